The molecule has 0 atom stereocenters. The maximum Gasteiger partial charge on any atom is 0.121 e. The van der Waals surface area contributed by atoms with Crippen molar-refractivity contribution in [3.05, 3.63) is 27.9 Å². The minimum absolute atomic E-state index is 0.755. The first kappa shape index (κ1) is 7.90. The maximum atomic E-state index is 6.01. The summed E-state index contributed by atoms with van der Waals surface area (Å²) in [6, 6.07) is 3.81. The molecule has 12 heavy (non-hydrogen) atoms. The summed E-state index contributed by atoms with van der Waals surface area (Å²) in [6.45, 7) is 0. The van der Waals surface area contributed by atoms with Gasteiger partial charge >= 0.3 is 0 Å². The van der Waals surface area contributed by atoms with Crippen LogP contribution >= 0.6 is 22.9 Å². The molecule has 0 saturated carbocycles. The van der Waals surface area contributed by atoms with E-state index in [1.54, 1.807) is 18.4 Å². The van der Waals surface area contributed by atoms with Gasteiger partial charge in [-0.25, -0.2) is 0 Å². The highest BCUT2D eigenvalue weighted by Crippen LogP contribution is 2.31. The van der Waals surface area contributed by atoms with Crippen LogP contribution in [0.2, 0.25) is 5.02 Å². The molecule has 2 aromatic rings. The second kappa shape index (κ2) is 2.96. The fourth-order valence-electron chi connectivity index (χ4n) is 1.13. The molecule has 0 radical (unpaired) electrons. The maximum absolute atomic E-state index is 6.01. The summed E-state index contributed by atoms with van der Waals surface area (Å²) in [5.74, 6) is 0.811. The van der Waals surface area contributed by atoms with Gasteiger partial charge in [-0.2, -0.15) is 11.3 Å². The first-order valence-corrected chi connectivity index (χ1v) is 4.83. The number of methoxy groups -OCH3 is 1. The third-order valence-corrected chi connectivity index (χ3v) is 2.83. The molecule has 0 aliphatic rings. The molecule has 0 aliphatic heterocycles. The summed E-state index contributed by atoms with van der Waals surface area (Å²) in [7, 11) is 1.64. The Morgan fingerprint density at radius 1 is 1.33 bits per heavy atom. The normalized spacial score (nSPS) is 10.5. The molecule has 3 heteroatoms. The van der Waals surface area contributed by atoms with Crippen molar-refractivity contribution in [3.8, 4) is 5.75 Å². The molecule has 1 nitrogen and oxygen atoms in total. The Morgan fingerprint density at radius 3 is 2.92 bits per heavy atom. The van der Waals surface area contributed by atoms with Gasteiger partial charge in [0.05, 0.1) is 12.1 Å². The van der Waals surface area contributed by atoms with E-state index in [1.165, 1.54) is 0 Å². The second-order valence-electron chi connectivity index (χ2n) is 2.48. The monoisotopic (exact) mass is 198 g/mol. The van der Waals surface area contributed by atoms with Crippen LogP contribution in [0, 0.1) is 0 Å². The summed E-state index contributed by atoms with van der Waals surface area (Å²) in [5, 5.41) is 7.10. The predicted molar refractivity (Wildman–Crippen MR) is 53.4 cm³/mol. The molecular formula is C9H7ClOS. The van der Waals surface area contributed by atoms with Gasteiger partial charge in [-0.3, -0.25) is 0 Å². The fraction of sp³-hybridized carbons (Fsp3) is 0.111. The van der Waals surface area contributed by atoms with Crippen LogP contribution in [-0.2, 0) is 0 Å². The molecule has 1 aromatic carbocycles. The average molecular weight is 199 g/mol. The minimum atomic E-state index is 0.755. The quantitative estimate of drug-likeness (QED) is 0.681. The molecule has 2 rings (SSSR count). The third-order valence-electron chi connectivity index (χ3n) is 1.75. The van der Waals surface area contributed by atoms with Crippen molar-refractivity contribution >= 4 is 33.7 Å². The largest absolute Gasteiger partial charge is 0.497 e. The van der Waals surface area contributed by atoms with Crippen molar-refractivity contribution < 1.29 is 4.74 Å². The number of hydrogen-bond acceptors (Lipinski definition) is 2. The predicted octanol–water partition coefficient (Wildman–Crippen LogP) is 3.56. The zero-order chi connectivity index (χ0) is 8.55. The van der Waals surface area contributed by atoms with Crippen LogP contribution in [0.3, 0.4) is 0 Å². The molecule has 0 saturated heterocycles. The van der Waals surface area contributed by atoms with E-state index in [2.05, 4.69) is 5.38 Å². The average Bonchev–Trinajstić information content (AvgIpc) is 2.52. The van der Waals surface area contributed by atoms with Gasteiger partial charge in [-0.05, 0) is 22.9 Å². The van der Waals surface area contributed by atoms with Gasteiger partial charge in [-0.15, -0.1) is 0 Å². The molecule has 0 fully saturated rings. The summed E-state index contributed by atoms with van der Waals surface area (Å²) in [6.07, 6.45) is 0. The van der Waals surface area contributed by atoms with E-state index in [0.29, 0.717) is 0 Å². The summed E-state index contributed by atoms with van der Waals surface area (Å²) in [5.41, 5.74) is 0. The van der Waals surface area contributed by atoms with Crippen LogP contribution in [0.1, 0.15) is 0 Å². The first-order valence-electron chi connectivity index (χ1n) is 3.50. The summed E-state index contributed by atoms with van der Waals surface area (Å²) >= 11 is 7.66. The van der Waals surface area contributed by atoms with E-state index in [4.69, 9.17) is 16.3 Å². The SMILES string of the molecule is COc1cc(Cl)c2cscc2c1. The van der Waals surface area contributed by atoms with Crippen LogP contribution in [0.5, 0.6) is 5.75 Å². The van der Waals surface area contributed by atoms with Crippen molar-refractivity contribution in [2.45, 2.75) is 0 Å². The van der Waals surface area contributed by atoms with E-state index in [9.17, 15) is 0 Å². The number of halogens is 1. The van der Waals surface area contributed by atoms with E-state index in [-0.39, 0.29) is 0 Å². The van der Waals surface area contributed by atoms with Gasteiger partial charge in [0.1, 0.15) is 5.75 Å². The number of hydrogen-bond donors (Lipinski definition) is 0. The van der Waals surface area contributed by atoms with Crippen molar-refractivity contribution in [2.75, 3.05) is 7.11 Å². The lowest BCUT2D eigenvalue weighted by Crippen LogP contribution is -1.81. The lowest BCUT2D eigenvalue weighted by molar-refractivity contribution is 0.415. The van der Waals surface area contributed by atoms with Gasteiger partial charge in [0.2, 0.25) is 0 Å². The summed E-state index contributed by atoms with van der Waals surface area (Å²) < 4.78 is 5.09. The highest BCUT2D eigenvalue weighted by atomic mass is 35.5. The molecule has 0 spiro atoms. The van der Waals surface area contributed by atoms with Crippen LogP contribution in [0.25, 0.3) is 10.8 Å². The molecule has 0 bridgehead atoms. The zero-order valence-corrected chi connectivity index (χ0v) is 8.08. The van der Waals surface area contributed by atoms with Crippen LogP contribution in [0.15, 0.2) is 22.9 Å². The van der Waals surface area contributed by atoms with Crippen molar-refractivity contribution in [1.82, 2.24) is 0 Å². The zero-order valence-electron chi connectivity index (χ0n) is 6.50. The highest BCUT2D eigenvalue weighted by Gasteiger charge is 2.02. The lowest BCUT2D eigenvalue weighted by atomic mass is 10.2. The van der Waals surface area contributed by atoms with E-state index < -0.39 is 0 Å². The van der Waals surface area contributed by atoms with Crippen LogP contribution in [0.4, 0.5) is 0 Å². The van der Waals surface area contributed by atoms with Crippen molar-refractivity contribution in [1.29, 1.82) is 0 Å². The molecular weight excluding hydrogens is 192 g/mol. The van der Waals surface area contributed by atoms with Crippen LogP contribution < -0.4 is 4.74 Å². The highest BCUT2D eigenvalue weighted by molar-refractivity contribution is 7.09. The van der Waals surface area contributed by atoms with E-state index in [0.717, 1.165) is 21.5 Å². The molecule has 62 valence electrons. The number of thiophene rings is 1. The van der Waals surface area contributed by atoms with Crippen LogP contribution in [-0.4, -0.2) is 7.11 Å². The number of benzene rings is 1. The van der Waals surface area contributed by atoms with E-state index in [1.807, 2.05) is 17.5 Å². The molecule has 0 amide bonds. The minimum Gasteiger partial charge on any atom is -0.497 e. The lowest BCUT2D eigenvalue weighted by Gasteiger charge is -2.00. The fourth-order valence-corrected chi connectivity index (χ4v) is 2.27. The standard InChI is InChI=1S/C9H7ClOS/c1-11-7-2-6-4-12-5-8(6)9(10)3-7/h2-5H,1H3. The first-order chi connectivity index (χ1) is 5.81. The van der Waals surface area contributed by atoms with E-state index >= 15 is 0 Å². The van der Waals surface area contributed by atoms with Gasteiger partial charge in [0.15, 0.2) is 0 Å². The number of ether oxygens (including phenoxy) is 1. The Morgan fingerprint density at radius 2 is 2.17 bits per heavy atom. The van der Waals surface area contributed by atoms with Gasteiger partial charge in [-0.1, -0.05) is 11.6 Å². The van der Waals surface area contributed by atoms with Crippen molar-refractivity contribution in [3.63, 3.8) is 0 Å². The van der Waals surface area contributed by atoms with Crippen molar-refractivity contribution in [2.24, 2.45) is 0 Å². The molecule has 0 aliphatic carbocycles. The summed E-state index contributed by atoms with van der Waals surface area (Å²) in [4.78, 5) is 0. The third kappa shape index (κ3) is 1.17. The Labute approximate surface area is 79.5 Å². The molecule has 1 heterocycles. The molecule has 0 unspecified atom stereocenters. The smallest absolute Gasteiger partial charge is 0.121 e. The Bertz CT molecular complexity index is 408. The Balaban J connectivity index is 2.75. The Kier molecular flexibility index (Phi) is 1.95. The van der Waals surface area contributed by atoms with Gasteiger partial charge in [0, 0.05) is 10.8 Å². The topological polar surface area (TPSA) is 9.23 Å². The molecule has 0 N–H and O–H groups in total. The molecule has 1 aromatic heterocycles. The second-order valence-corrected chi connectivity index (χ2v) is 3.63. The van der Waals surface area contributed by atoms with Gasteiger partial charge in [0.25, 0.3) is 0 Å². The number of fused-ring (bicyclic) bond motifs is 1. The number of rotatable bonds is 1. The Hall–Kier alpha value is -0.730. The van der Waals surface area contributed by atoms with Gasteiger partial charge < -0.3 is 4.74 Å².